The minimum absolute atomic E-state index is 0.120. The molecule has 0 unspecified atom stereocenters. The Morgan fingerprint density at radius 2 is 2.33 bits per heavy atom. The summed E-state index contributed by atoms with van der Waals surface area (Å²) >= 11 is 5.47. The molecule has 0 atom stereocenters. The van der Waals surface area contributed by atoms with Gasteiger partial charge in [-0.15, -0.1) is 0 Å². The summed E-state index contributed by atoms with van der Waals surface area (Å²) in [6.07, 6.45) is 0.120. The van der Waals surface area contributed by atoms with E-state index < -0.39 is 0 Å². The van der Waals surface area contributed by atoms with Gasteiger partial charge in [-0.05, 0) is 56.2 Å². The number of nitrogens with zero attached hydrogens (tertiary/aromatic N) is 1. The van der Waals surface area contributed by atoms with E-state index in [1.54, 1.807) is 12.1 Å². The van der Waals surface area contributed by atoms with Crippen molar-refractivity contribution in [1.82, 2.24) is 0 Å². The van der Waals surface area contributed by atoms with Crippen LogP contribution in [0.5, 0.6) is 0 Å². The van der Waals surface area contributed by atoms with Gasteiger partial charge < -0.3 is 4.74 Å². The number of hydrogen-bond donors (Lipinski definition) is 0. The predicted octanol–water partition coefficient (Wildman–Crippen LogP) is 2.64. The monoisotopic (exact) mass is 379 g/mol. The lowest BCUT2D eigenvalue weighted by molar-refractivity contribution is -0.139. The van der Waals surface area contributed by atoms with Crippen molar-refractivity contribution >= 4 is 44.5 Å². The first-order valence-electron chi connectivity index (χ1n) is 4.03. The number of hydrogen-bond acceptors (Lipinski definition) is 3. The molecule has 0 saturated heterocycles. The van der Waals surface area contributed by atoms with Gasteiger partial charge in [-0.25, -0.2) is 0 Å². The van der Waals surface area contributed by atoms with E-state index in [1.807, 2.05) is 0 Å². The van der Waals surface area contributed by atoms with Gasteiger partial charge in [0, 0.05) is 8.04 Å². The maximum absolute atomic E-state index is 11.1. The fourth-order valence-corrected chi connectivity index (χ4v) is 1.92. The van der Waals surface area contributed by atoms with Crippen molar-refractivity contribution in [2.75, 3.05) is 7.11 Å². The second kappa shape index (κ2) is 5.47. The molecule has 1 aromatic carbocycles. The van der Waals surface area contributed by atoms with E-state index in [4.69, 9.17) is 5.26 Å². The summed E-state index contributed by atoms with van der Waals surface area (Å²) in [5.41, 5.74) is 1.18. The molecule has 0 heterocycles. The Labute approximate surface area is 110 Å². The summed E-state index contributed by atoms with van der Waals surface area (Å²) in [6, 6.07) is 5.57. The molecule has 1 rings (SSSR count). The van der Waals surface area contributed by atoms with E-state index in [0.29, 0.717) is 11.1 Å². The van der Waals surface area contributed by atoms with Gasteiger partial charge in [-0.1, -0.05) is 0 Å². The summed E-state index contributed by atoms with van der Waals surface area (Å²) in [6.45, 7) is 0. The molecule has 5 heteroatoms. The Morgan fingerprint density at radius 3 is 2.87 bits per heavy atom. The Morgan fingerprint density at radius 1 is 1.67 bits per heavy atom. The Kier molecular flexibility index (Phi) is 4.54. The SMILES string of the molecule is COC(=O)Cc1cc(Br)c(I)cc1C#N. The molecule has 0 bridgehead atoms. The van der Waals surface area contributed by atoms with Crippen LogP contribution in [0, 0.1) is 14.9 Å². The number of carbonyl (C=O) groups excluding carboxylic acids is 1. The second-order valence-electron chi connectivity index (χ2n) is 2.79. The Hall–Kier alpha value is -0.610. The summed E-state index contributed by atoms with van der Waals surface area (Å²) in [7, 11) is 1.33. The van der Waals surface area contributed by atoms with Crippen molar-refractivity contribution in [2.24, 2.45) is 0 Å². The highest BCUT2D eigenvalue weighted by Crippen LogP contribution is 2.23. The quantitative estimate of drug-likeness (QED) is 0.586. The summed E-state index contributed by atoms with van der Waals surface area (Å²) in [5.74, 6) is -0.348. The predicted molar refractivity (Wildman–Crippen MR) is 67.3 cm³/mol. The number of nitriles is 1. The molecule has 0 N–H and O–H groups in total. The lowest BCUT2D eigenvalue weighted by atomic mass is 10.1. The average molecular weight is 380 g/mol. The topological polar surface area (TPSA) is 50.1 Å². The number of rotatable bonds is 2. The normalized spacial score (nSPS) is 9.47. The molecule has 3 nitrogen and oxygen atoms in total. The lowest BCUT2D eigenvalue weighted by Crippen LogP contribution is -2.06. The molecule has 15 heavy (non-hydrogen) atoms. The summed E-state index contributed by atoms with van der Waals surface area (Å²) in [5, 5.41) is 8.90. The van der Waals surface area contributed by atoms with Crippen molar-refractivity contribution in [3.63, 3.8) is 0 Å². The second-order valence-corrected chi connectivity index (χ2v) is 4.80. The van der Waals surface area contributed by atoms with E-state index >= 15 is 0 Å². The van der Waals surface area contributed by atoms with Crippen LogP contribution in [-0.4, -0.2) is 13.1 Å². The van der Waals surface area contributed by atoms with Gasteiger partial charge in [0.25, 0.3) is 0 Å². The molecule has 0 aliphatic rings. The summed E-state index contributed by atoms with van der Waals surface area (Å²) in [4.78, 5) is 11.1. The van der Waals surface area contributed by atoms with Crippen LogP contribution in [0.15, 0.2) is 16.6 Å². The Bertz CT molecular complexity index is 440. The average Bonchev–Trinajstić information content (AvgIpc) is 2.22. The Balaban J connectivity index is 3.12. The number of carbonyl (C=O) groups is 1. The van der Waals surface area contributed by atoms with Gasteiger partial charge in [0.05, 0.1) is 25.2 Å². The van der Waals surface area contributed by atoms with Crippen molar-refractivity contribution in [3.8, 4) is 6.07 Å². The molecule has 0 aromatic heterocycles. The number of halogens is 2. The van der Waals surface area contributed by atoms with E-state index in [-0.39, 0.29) is 12.4 Å². The molecule has 0 radical (unpaired) electrons. The van der Waals surface area contributed by atoms with Crippen LogP contribution in [0.2, 0.25) is 0 Å². The van der Waals surface area contributed by atoms with E-state index in [0.717, 1.165) is 8.04 Å². The molecule has 0 aliphatic heterocycles. The fourth-order valence-electron chi connectivity index (χ4n) is 1.07. The van der Waals surface area contributed by atoms with Crippen LogP contribution < -0.4 is 0 Å². The number of methoxy groups -OCH3 is 1. The zero-order valence-corrected chi connectivity index (χ0v) is 11.6. The van der Waals surface area contributed by atoms with Gasteiger partial charge in [0.2, 0.25) is 0 Å². The zero-order valence-electron chi connectivity index (χ0n) is 7.88. The van der Waals surface area contributed by atoms with Gasteiger partial charge in [0.1, 0.15) is 0 Å². The maximum atomic E-state index is 11.1. The zero-order chi connectivity index (χ0) is 11.4. The molecule has 0 aliphatic carbocycles. The molecule has 1 aromatic rings. The third-order valence-electron chi connectivity index (χ3n) is 1.83. The van der Waals surface area contributed by atoms with Crippen molar-refractivity contribution in [1.29, 1.82) is 5.26 Å². The van der Waals surface area contributed by atoms with Crippen molar-refractivity contribution in [3.05, 3.63) is 31.3 Å². The standard InChI is InChI=1S/C10H7BrINO2/c1-15-10(14)4-6-2-8(11)9(12)3-7(6)5-13/h2-3H,4H2,1H3. The first kappa shape index (κ1) is 12.5. The van der Waals surface area contributed by atoms with Gasteiger partial charge >= 0.3 is 5.97 Å². The van der Waals surface area contributed by atoms with Crippen LogP contribution in [0.3, 0.4) is 0 Å². The first-order chi connectivity index (χ1) is 7.08. The molecular formula is C10H7BrINO2. The molecular weight excluding hydrogens is 373 g/mol. The van der Waals surface area contributed by atoms with Crippen LogP contribution in [0.4, 0.5) is 0 Å². The van der Waals surface area contributed by atoms with Crippen molar-refractivity contribution < 1.29 is 9.53 Å². The van der Waals surface area contributed by atoms with E-state index in [9.17, 15) is 4.79 Å². The minimum atomic E-state index is -0.348. The minimum Gasteiger partial charge on any atom is -0.469 e. The van der Waals surface area contributed by atoms with Gasteiger partial charge in [-0.3, -0.25) is 4.79 Å². The number of esters is 1. The van der Waals surface area contributed by atoms with E-state index in [2.05, 4.69) is 49.3 Å². The third kappa shape index (κ3) is 3.18. The van der Waals surface area contributed by atoms with E-state index in [1.165, 1.54) is 7.11 Å². The highest BCUT2D eigenvalue weighted by molar-refractivity contribution is 14.1. The third-order valence-corrected chi connectivity index (χ3v) is 4.12. The van der Waals surface area contributed by atoms with Crippen LogP contribution in [-0.2, 0) is 16.0 Å². The first-order valence-corrected chi connectivity index (χ1v) is 5.90. The van der Waals surface area contributed by atoms with Gasteiger partial charge in [-0.2, -0.15) is 5.26 Å². The fraction of sp³-hybridized carbons (Fsp3) is 0.200. The van der Waals surface area contributed by atoms with Crippen molar-refractivity contribution in [2.45, 2.75) is 6.42 Å². The molecule has 0 amide bonds. The summed E-state index contributed by atoms with van der Waals surface area (Å²) < 4.78 is 6.38. The lowest BCUT2D eigenvalue weighted by Gasteiger charge is -2.05. The number of ether oxygens (including phenoxy) is 1. The smallest absolute Gasteiger partial charge is 0.310 e. The largest absolute Gasteiger partial charge is 0.469 e. The molecule has 0 fully saturated rings. The van der Waals surface area contributed by atoms with Crippen LogP contribution in [0.1, 0.15) is 11.1 Å². The molecule has 78 valence electrons. The molecule has 0 saturated carbocycles. The highest BCUT2D eigenvalue weighted by Gasteiger charge is 2.10. The maximum Gasteiger partial charge on any atom is 0.310 e. The van der Waals surface area contributed by atoms with Gasteiger partial charge in [0.15, 0.2) is 0 Å². The van der Waals surface area contributed by atoms with Crippen LogP contribution >= 0.6 is 38.5 Å². The van der Waals surface area contributed by atoms with Crippen LogP contribution in [0.25, 0.3) is 0 Å². The highest BCUT2D eigenvalue weighted by atomic mass is 127. The number of benzene rings is 1. The molecule has 0 spiro atoms.